The number of benzene rings is 1. The molecule has 0 radical (unpaired) electrons. The summed E-state index contributed by atoms with van der Waals surface area (Å²) < 4.78 is 16.0. The van der Waals surface area contributed by atoms with Crippen LogP contribution in [0.3, 0.4) is 0 Å². The first kappa shape index (κ1) is 19.1. The molecule has 0 saturated carbocycles. The van der Waals surface area contributed by atoms with Crippen molar-refractivity contribution < 1.29 is 28.9 Å². The summed E-state index contributed by atoms with van der Waals surface area (Å²) >= 11 is 6.19. The maximum Gasteiger partial charge on any atom is 0.326 e. The van der Waals surface area contributed by atoms with Crippen molar-refractivity contribution in [2.75, 3.05) is 21.3 Å². The lowest BCUT2D eigenvalue weighted by Gasteiger charge is -2.18. The van der Waals surface area contributed by atoms with E-state index in [-0.39, 0.29) is 4.32 Å². The van der Waals surface area contributed by atoms with Gasteiger partial charge >= 0.3 is 5.97 Å². The van der Waals surface area contributed by atoms with Gasteiger partial charge in [0.25, 0.3) is 5.91 Å². The number of methoxy groups -OCH3 is 3. The van der Waals surface area contributed by atoms with Crippen LogP contribution in [-0.2, 0) is 9.59 Å². The molecule has 1 N–H and O–H groups in total. The molecule has 1 aromatic carbocycles. The van der Waals surface area contributed by atoms with E-state index < -0.39 is 17.9 Å². The molecule has 1 fully saturated rings. The molecule has 1 heterocycles. The molecule has 0 spiro atoms. The molecule has 1 amide bonds. The standard InChI is InChI=1S/C16H17NO6S2/c1-8(15(19)20)17-14(18)12(25-16(17)24)7-9-5-10(21-2)13(23-4)11(6-9)22-3/h5-8H,1-4H3,(H,19,20)/b12-7+/t8-/m0/s1. The van der Waals surface area contributed by atoms with E-state index in [2.05, 4.69) is 0 Å². The molecule has 25 heavy (non-hydrogen) atoms. The predicted molar refractivity (Wildman–Crippen MR) is 98.2 cm³/mol. The number of carboxylic acids is 1. The number of aliphatic carboxylic acids is 1. The quantitative estimate of drug-likeness (QED) is 0.592. The van der Waals surface area contributed by atoms with Crippen molar-refractivity contribution in [3.8, 4) is 17.2 Å². The second kappa shape index (κ2) is 7.75. The molecule has 1 saturated heterocycles. The molecule has 1 aliphatic heterocycles. The molecule has 1 aliphatic rings. The zero-order valence-electron chi connectivity index (χ0n) is 14.1. The van der Waals surface area contributed by atoms with Gasteiger partial charge in [-0.2, -0.15) is 0 Å². The van der Waals surface area contributed by atoms with Crippen LogP contribution in [0.25, 0.3) is 6.08 Å². The van der Waals surface area contributed by atoms with Crippen molar-refractivity contribution in [2.45, 2.75) is 13.0 Å². The molecular formula is C16H17NO6S2. The summed E-state index contributed by atoms with van der Waals surface area (Å²) in [6.45, 7) is 1.41. The van der Waals surface area contributed by atoms with Crippen LogP contribution in [0.4, 0.5) is 0 Å². The topological polar surface area (TPSA) is 85.3 Å². The number of hydrogen-bond donors (Lipinski definition) is 1. The van der Waals surface area contributed by atoms with Gasteiger partial charge in [0, 0.05) is 0 Å². The minimum atomic E-state index is -1.12. The Hall–Kier alpha value is -2.26. The molecule has 2 rings (SSSR count). The predicted octanol–water partition coefficient (Wildman–Crippen LogP) is 2.39. The van der Waals surface area contributed by atoms with E-state index in [9.17, 15) is 9.59 Å². The minimum Gasteiger partial charge on any atom is -0.493 e. The molecule has 0 aromatic heterocycles. The van der Waals surface area contributed by atoms with Crippen LogP contribution < -0.4 is 14.2 Å². The highest BCUT2D eigenvalue weighted by atomic mass is 32.2. The van der Waals surface area contributed by atoms with Crippen LogP contribution in [0, 0.1) is 0 Å². The first-order chi connectivity index (χ1) is 11.8. The Labute approximate surface area is 154 Å². The van der Waals surface area contributed by atoms with Gasteiger partial charge in [-0.25, -0.2) is 4.79 Å². The maximum atomic E-state index is 12.5. The molecule has 7 nitrogen and oxygen atoms in total. The number of thioether (sulfide) groups is 1. The highest BCUT2D eigenvalue weighted by Gasteiger charge is 2.38. The van der Waals surface area contributed by atoms with Crippen molar-refractivity contribution in [1.29, 1.82) is 0 Å². The van der Waals surface area contributed by atoms with Crippen molar-refractivity contribution in [1.82, 2.24) is 4.90 Å². The molecule has 0 bridgehead atoms. The average Bonchev–Trinajstić information content (AvgIpc) is 2.86. The van der Waals surface area contributed by atoms with E-state index in [1.807, 2.05) is 0 Å². The third-order valence-electron chi connectivity index (χ3n) is 3.55. The van der Waals surface area contributed by atoms with E-state index in [0.29, 0.717) is 27.7 Å². The first-order valence-corrected chi connectivity index (χ1v) is 8.36. The fraction of sp³-hybridized carbons (Fsp3) is 0.312. The van der Waals surface area contributed by atoms with Crippen molar-refractivity contribution in [2.24, 2.45) is 0 Å². The summed E-state index contributed by atoms with van der Waals surface area (Å²) in [5, 5.41) is 9.12. The Bertz CT molecular complexity index is 736. The van der Waals surface area contributed by atoms with Crippen molar-refractivity contribution in [3.63, 3.8) is 0 Å². The molecular weight excluding hydrogens is 366 g/mol. The Kier molecular flexibility index (Phi) is 5.91. The molecule has 1 atom stereocenters. The Morgan fingerprint density at radius 1 is 1.24 bits per heavy atom. The average molecular weight is 383 g/mol. The highest BCUT2D eigenvalue weighted by Crippen LogP contribution is 2.40. The SMILES string of the molecule is COc1cc(/C=C2/SC(=S)N([C@@H](C)C(=O)O)C2=O)cc(OC)c1OC. The second-order valence-corrected chi connectivity index (χ2v) is 6.70. The van der Waals surface area contributed by atoms with Crippen LogP contribution in [0.1, 0.15) is 12.5 Å². The summed E-state index contributed by atoms with van der Waals surface area (Å²) in [6.07, 6.45) is 1.61. The number of amides is 1. The Balaban J connectivity index is 2.43. The largest absolute Gasteiger partial charge is 0.493 e. The number of carbonyl (C=O) groups excluding carboxylic acids is 1. The number of ether oxygens (including phenoxy) is 3. The van der Waals surface area contributed by atoms with Gasteiger partial charge in [0.15, 0.2) is 11.5 Å². The normalized spacial score (nSPS) is 17.0. The van der Waals surface area contributed by atoms with Crippen molar-refractivity contribution >= 4 is 46.3 Å². The summed E-state index contributed by atoms with van der Waals surface area (Å²) in [6, 6.07) is 2.35. The van der Waals surface area contributed by atoms with E-state index in [4.69, 9.17) is 31.5 Å². The number of thiocarbonyl (C=S) groups is 1. The van der Waals surface area contributed by atoms with Gasteiger partial charge in [-0.15, -0.1) is 0 Å². The van der Waals surface area contributed by atoms with E-state index in [0.717, 1.165) is 16.7 Å². The zero-order chi connectivity index (χ0) is 18.7. The Morgan fingerprint density at radius 3 is 2.24 bits per heavy atom. The van der Waals surface area contributed by atoms with Crippen LogP contribution in [0.15, 0.2) is 17.0 Å². The van der Waals surface area contributed by atoms with Crippen LogP contribution in [-0.4, -0.2) is 53.6 Å². The Morgan fingerprint density at radius 2 is 1.80 bits per heavy atom. The maximum absolute atomic E-state index is 12.5. The summed E-state index contributed by atoms with van der Waals surface area (Å²) in [4.78, 5) is 25.1. The van der Waals surface area contributed by atoms with Gasteiger partial charge in [-0.3, -0.25) is 9.69 Å². The fourth-order valence-electron chi connectivity index (χ4n) is 2.26. The number of nitrogens with zero attached hydrogens (tertiary/aromatic N) is 1. The van der Waals surface area contributed by atoms with Crippen LogP contribution in [0.5, 0.6) is 17.2 Å². The summed E-state index contributed by atoms with van der Waals surface area (Å²) in [5.41, 5.74) is 0.637. The van der Waals surface area contributed by atoms with Gasteiger partial charge in [0.1, 0.15) is 10.4 Å². The number of rotatable bonds is 6. The number of carboxylic acid groups (broad SMARTS) is 1. The van der Waals surface area contributed by atoms with Crippen LogP contribution >= 0.6 is 24.0 Å². The number of hydrogen-bond acceptors (Lipinski definition) is 7. The highest BCUT2D eigenvalue weighted by molar-refractivity contribution is 8.26. The van der Waals surface area contributed by atoms with Gasteiger partial charge in [-0.1, -0.05) is 24.0 Å². The van der Waals surface area contributed by atoms with Gasteiger partial charge in [0.2, 0.25) is 5.75 Å². The first-order valence-electron chi connectivity index (χ1n) is 7.13. The molecule has 1 aromatic rings. The van der Waals surface area contributed by atoms with Gasteiger partial charge in [0.05, 0.1) is 26.2 Å². The van der Waals surface area contributed by atoms with Crippen molar-refractivity contribution in [3.05, 3.63) is 22.6 Å². The third kappa shape index (κ3) is 3.72. The number of carbonyl (C=O) groups is 2. The molecule has 0 aliphatic carbocycles. The minimum absolute atomic E-state index is 0.207. The van der Waals surface area contributed by atoms with Gasteiger partial charge in [-0.05, 0) is 30.7 Å². The fourth-order valence-corrected chi connectivity index (χ4v) is 3.68. The van der Waals surface area contributed by atoms with E-state index in [1.165, 1.54) is 28.3 Å². The second-order valence-electron chi connectivity index (χ2n) is 5.02. The summed E-state index contributed by atoms with van der Waals surface area (Å²) in [5.74, 6) is -0.233. The van der Waals surface area contributed by atoms with Gasteiger partial charge < -0.3 is 19.3 Å². The third-order valence-corrected chi connectivity index (χ3v) is 4.88. The van der Waals surface area contributed by atoms with Crippen LogP contribution in [0.2, 0.25) is 0 Å². The molecule has 134 valence electrons. The smallest absolute Gasteiger partial charge is 0.326 e. The lowest BCUT2D eigenvalue weighted by Crippen LogP contribution is -2.41. The van der Waals surface area contributed by atoms with E-state index >= 15 is 0 Å². The molecule has 0 unspecified atom stereocenters. The summed E-state index contributed by atoms with van der Waals surface area (Å²) in [7, 11) is 4.49. The lowest BCUT2D eigenvalue weighted by molar-refractivity contribution is -0.144. The molecule has 9 heteroatoms. The monoisotopic (exact) mass is 383 g/mol. The lowest BCUT2D eigenvalue weighted by atomic mass is 10.1. The zero-order valence-corrected chi connectivity index (χ0v) is 15.7. The van der Waals surface area contributed by atoms with E-state index in [1.54, 1.807) is 18.2 Å².